The van der Waals surface area contributed by atoms with Crippen LogP contribution in [0.25, 0.3) is 0 Å². The second kappa shape index (κ2) is 13.2. The van der Waals surface area contributed by atoms with Crippen LogP contribution >= 0.6 is 0 Å². The van der Waals surface area contributed by atoms with E-state index in [4.69, 9.17) is 0 Å². The highest BCUT2D eigenvalue weighted by molar-refractivity contribution is 5.77. The normalized spacial score (nSPS) is 16.6. The second-order valence-electron chi connectivity index (χ2n) is 9.12. The molecule has 0 saturated carbocycles. The number of carbonyl (C=O) groups excluding carboxylic acids is 2. The van der Waals surface area contributed by atoms with E-state index in [-0.39, 0.29) is 23.5 Å². The number of aliphatic hydroxyl groups is 1. The van der Waals surface area contributed by atoms with Crippen LogP contribution in [0.5, 0.6) is 0 Å². The van der Waals surface area contributed by atoms with Gasteiger partial charge < -0.3 is 10.4 Å². The van der Waals surface area contributed by atoms with Gasteiger partial charge in [0.05, 0.1) is 6.10 Å². The van der Waals surface area contributed by atoms with Crippen molar-refractivity contribution in [3.05, 3.63) is 0 Å². The van der Waals surface area contributed by atoms with Gasteiger partial charge in [-0.2, -0.15) is 0 Å². The molecule has 2 N–H and O–H groups in total. The molecule has 28 heavy (non-hydrogen) atoms. The van der Waals surface area contributed by atoms with E-state index in [2.05, 4.69) is 17.2 Å². The number of hydrazine groups is 1. The van der Waals surface area contributed by atoms with Gasteiger partial charge in [0.1, 0.15) is 0 Å². The van der Waals surface area contributed by atoms with Gasteiger partial charge in [-0.25, -0.2) is 5.01 Å². The summed E-state index contributed by atoms with van der Waals surface area (Å²) in [5, 5.41) is 17.1. The minimum Gasteiger partial charge on any atom is -0.393 e. The van der Waals surface area contributed by atoms with E-state index in [9.17, 15) is 14.7 Å². The van der Waals surface area contributed by atoms with Crippen LogP contribution in [0.1, 0.15) is 98.3 Å². The Hall–Kier alpha value is -1.14. The molecule has 1 saturated heterocycles. The highest BCUT2D eigenvalue weighted by atomic mass is 16.3. The molecule has 1 heterocycles. The van der Waals surface area contributed by atoms with Gasteiger partial charge in [-0.05, 0) is 46.5 Å². The van der Waals surface area contributed by atoms with Gasteiger partial charge in [0.2, 0.25) is 11.8 Å². The van der Waals surface area contributed by atoms with Gasteiger partial charge in [-0.1, -0.05) is 39.0 Å². The van der Waals surface area contributed by atoms with Crippen molar-refractivity contribution in [2.24, 2.45) is 0 Å². The van der Waals surface area contributed by atoms with Gasteiger partial charge >= 0.3 is 0 Å². The lowest BCUT2D eigenvalue weighted by Crippen LogP contribution is -2.41. The summed E-state index contributed by atoms with van der Waals surface area (Å²) in [6.45, 7) is 10.5. The Morgan fingerprint density at radius 2 is 1.79 bits per heavy atom. The zero-order valence-electron chi connectivity index (χ0n) is 18.6. The van der Waals surface area contributed by atoms with E-state index in [0.717, 1.165) is 64.5 Å². The Bertz CT molecular complexity index is 462. The molecule has 0 aromatic heterocycles. The molecule has 1 unspecified atom stereocenters. The Morgan fingerprint density at radius 1 is 1.07 bits per heavy atom. The topological polar surface area (TPSA) is 72.9 Å². The summed E-state index contributed by atoms with van der Waals surface area (Å²) in [7, 11) is 0. The van der Waals surface area contributed by atoms with Crippen LogP contribution in [0.4, 0.5) is 0 Å². The molecule has 1 atom stereocenters. The first-order valence-electron chi connectivity index (χ1n) is 11.3. The fourth-order valence-electron chi connectivity index (χ4n) is 3.59. The molecule has 2 amide bonds. The van der Waals surface area contributed by atoms with Crippen LogP contribution in [0.2, 0.25) is 0 Å². The molecule has 1 fully saturated rings. The van der Waals surface area contributed by atoms with E-state index < -0.39 is 0 Å². The Balaban J connectivity index is 2.17. The van der Waals surface area contributed by atoms with Gasteiger partial charge in [0.15, 0.2) is 0 Å². The van der Waals surface area contributed by atoms with E-state index in [1.807, 2.05) is 25.8 Å². The highest BCUT2D eigenvalue weighted by Crippen LogP contribution is 2.16. The van der Waals surface area contributed by atoms with Crippen molar-refractivity contribution in [1.82, 2.24) is 15.3 Å². The maximum atomic E-state index is 12.1. The molecule has 0 radical (unpaired) electrons. The van der Waals surface area contributed by atoms with Crippen molar-refractivity contribution in [3.8, 4) is 0 Å². The number of amides is 2. The number of carbonyl (C=O) groups is 2. The number of hydrogen-bond donors (Lipinski definition) is 2. The van der Waals surface area contributed by atoms with Crippen LogP contribution in [-0.4, -0.2) is 58.2 Å². The van der Waals surface area contributed by atoms with Crippen LogP contribution in [0, 0.1) is 0 Å². The van der Waals surface area contributed by atoms with Gasteiger partial charge in [-0.3, -0.25) is 14.6 Å². The van der Waals surface area contributed by atoms with Gasteiger partial charge in [-0.15, -0.1) is 0 Å². The number of aliphatic hydroxyl groups excluding tert-OH is 1. The van der Waals surface area contributed by atoms with Crippen molar-refractivity contribution in [2.45, 2.75) is 110 Å². The van der Waals surface area contributed by atoms with Crippen molar-refractivity contribution >= 4 is 11.8 Å². The highest BCUT2D eigenvalue weighted by Gasteiger charge is 2.28. The first-order chi connectivity index (χ1) is 13.2. The lowest BCUT2D eigenvalue weighted by atomic mass is 10.1. The fourth-order valence-corrected chi connectivity index (χ4v) is 3.59. The standard InChI is InChI=1S/C22H43N3O3/c1-5-6-9-12-19(26)14-18-25-21(28)15-17-24(25)16-11-8-7-10-13-20(27)23-22(2,3)4/h19,26H,5-18H2,1-4H3,(H,23,27). The first-order valence-corrected chi connectivity index (χ1v) is 11.3. The minimum atomic E-state index is -0.305. The van der Waals surface area contributed by atoms with Crippen LogP contribution in [-0.2, 0) is 9.59 Å². The smallest absolute Gasteiger partial charge is 0.238 e. The summed E-state index contributed by atoms with van der Waals surface area (Å²) in [6, 6.07) is 0. The molecule has 1 rings (SSSR count). The van der Waals surface area contributed by atoms with Gasteiger partial charge in [0.25, 0.3) is 0 Å². The Morgan fingerprint density at radius 3 is 2.46 bits per heavy atom. The molecule has 0 aromatic rings. The van der Waals surface area contributed by atoms with Crippen LogP contribution in [0.3, 0.4) is 0 Å². The fraction of sp³-hybridized carbons (Fsp3) is 0.909. The summed E-state index contributed by atoms with van der Waals surface area (Å²) >= 11 is 0. The molecule has 0 aromatic carbocycles. The summed E-state index contributed by atoms with van der Waals surface area (Å²) in [6.07, 6.45) is 9.78. The number of hydrogen-bond acceptors (Lipinski definition) is 4. The lowest BCUT2D eigenvalue weighted by Gasteiger charge is -2.28. The molecule has 0 spiro atoms. The third kappa shape index (κ3) is 11.0. The molecule has 0 bridgehead atoms. The second-order valence-corrected chi connectivity index (χ2v) is 9.12. The molecule has 6 nitrogen and oxygen atoms in total. The zero-order chi connectivity index (χ0) is 21.0. The van der Waals surface area contributed by atoms with E-state index in [1.165, 1.54) is 0 Å². The van der Waals surface area contributed by atoms with Crippen molar-refractivity contribution in [2.75, 3.05) is 19.6 Å². The van der Waals surface area contributed by atoms with E-state index in [1.54, 1.807) is 0 Å². The monoisotopic (exact) mass is 397 g/mol. The Kier molecular flexibility index (Phi) is 11.7. The summed E-state index contributed by atoms with van der Waals surface area (Å²) in [5.41, 5.74) is -0.160. The number of rotatable bonds is 14. The Labute approximate surface area is 172 Å². The zero-order valence-corrected chi connectivity index (χ0v) is 18.6. The molecular formula is C22H43N3O3. The molecule has 1 aliphatic heterocycles. The quantitative estimate of drug-likeness (QED) is 0.439. The van der Waals surface area contributed by atoms with Crippen LogP contribution < -0.4 is 5.32 Å². The maximum absolute atomic E-state index is 12.1. The molecule has 6 heteroatoms. The van der Waals surface area contributed by atoms with Crippen molar-refractivity contribution in [1.29, 1.82) is 0 Å². The first kappa shape index (κ1) is 24.9. The minimum absolute atomic E-state index is 0.126. The van der Waals surface area contributed by atoms with Crippen molar-refractivity contribution < 1.29 is 14.7 Å². The average Bonchev–Trinajstić information content (AvgIpc) is 2.94. The molecule has 0 aliphatic carbocycles. The SMILES string of the molecule is CCCCCC(O)CCN1C(=O)CCN1CCCCCCC(=O)NC(C)(C)C. The average molecular weight is 398 g/mol. The molecule has 1 aliphatic rings. The number of nitrogens with zero attached hydrogens (tertiary/aromatic N) is 2. The summed E-state index contributed by atoms with van der Waals surface area (Å²) in [4.78, 5) is 23.9. The number of unbranched alkanes of at least 4 members (excludes halogenated alkanes) is 5. The van der Waals surface area contributed by atoms with Crippen molar-refractivity contribution in [3.63, 3.8) is 0 Å². The lowest BCUT2D eigenvalue weighted by molar-refractivity contribution is -0.138. The number of nitrogens with one attached hydrogen (secondary N) is 1. The predicted molar refractivity (Wildman–Crippen MR) is 114 cm³/mol. The van der Waals surface area contributed by atoms with E-state index in [0.29, 0.717) is 25.8 Å². The van der Waals surface area contributed by atoms with Gasteiger partial charge in [0, 0.05) is 38.0 Å². The third-order valence-corrected chi connectivity index (χ3v) is 5.11. The maximum Gasteiger partial charge on any atom is 0.238 e. The predicted octanol–water partition coefficient (Wildman–Crippen LogP) is 3.63. The third-order valence-electron chi connectivity index (χ3n) is 5.11. The van der Waals surface area contributed by atoms with E-state index >= 15 is 0 Å². The summed E-state index contributed by atoms with van der Waals surface area (Å²) in [5.74, 6) is 0.306. The molecule has 164 valence electrons. The molecular weight excluding hydrogens is 354 g/mol. The largest absolute Gasteiger partial charge is 0.393 e. The van der Waals surface area contributed by atoms with Crippen LogP contribution in [0.15, 0.2) is 0 Å². The summed E-state index contributed by atoms with van der Waals surface area (Å²) < 4.78 is 0.